The highest BCUT2D eigenvalue weighted by Crippen LogP contribution is 2.38. The summed E-state index contributed by atoms with van der Waals surface area (Å²) in [4.78, 5) is 13.3. The maximum atomic E-state index is 12.2. The second kappa shape index (κ2) is 5.57. The number of carbonyl (C=O) groups excluding carboxylic acids is 1. The smallest absolute Gasteiger partial charge is 0.255 e. The van der Waals surface area contributed by atoms with E-state index in [4.69, 9.17) is 15.2 Å². The summed E-state index contributed by atoms with van der Waals surface area (Å²) < 4.78 is 10.5. The van der Waals surface area contributed by atoms with Gasteiger partial charge in [0.25, 0.3) is 5.91 Å². The minimum Gasteiger partial charge on any atom is -0.454 e. The highest BCUT2D eigenvalue weighted by atomic mass is 32.2. The first kappa shape index (κ1) is 13.6. The highest BCUT2D eigenvalue weighted by Gasteiger charge is 2.17. The lowest BCUT2D eigenvalue weighted by molar-refractivity contribution is 0.102. The monoisotopic (exact) mass is 302 g/mol. The van der Waals surface area contributed by atoms with Gasteiger partial charge < -0.3 is 20.5 Å². The summed E-state index contributed by atoms with van der Waals surface area (Å²) in [6, 6.07) is 10.7. The SMILES string of the molecule is CSc1ccc(C(=O)Nc2cc3c(cc2N)OCO3)cc1. The van der Waals surface area contributed by atoms with Gasteiger partial charge in [0.05, 0.1) is 11.4 Å². The second-order valence-corrected chi connectivity index (χ2v) is 5.35. The molecule has 2 aromatic carbocycles. The van der Waals surface area contributed by atoms with E-state index >= 15 is 0 Å². The van der Waals surface area contributed by atoms with E-state index in [0.29, 0.717) is 28.4 Å². The summed E-state index contributed by atoms with van der Waals surface area (Å²) in [5, 5.41) is 2.79. The number of fused-ring (bicyclic) bond motifs is 1. The molecule has 0 aromatic heterocycles. The van der Waals surface area contributed by atoms with Crippen LogP contribution in [0.2, 0.25) is 0 Å². The van der Waals surface area contributed by atoms with Crippen LogP contribution >= 0.6 is 11.8 Å². The van der Waals surface area contributed by atoms with Crippen LogP contribution in [0.3, 0.4) is 0 Å². The highest BCUT2D eigenvalue weighted by molar-refractivity contribution is 7.98. The summed E-state index contributed by atoms with van der Waals surface area (Å²) in [5.74, 6) is 0.959. The summed E-state index contributed by atoms with van der Waals surface area (Å²) in [5.41, 5.74) is 7.44. The number of thioether (sulfide) groups is 1. The number of nitrogen functional groups attached to an aromatic ring is 1. The van der Waals surface area contributed by atoms with Crippen molar-refractivity contribution >= 4 is 29.0 Å². The van der Waals surface area contributed by atoms with Crippen LogP contribution < -0.4 is 20.5 Å². The zero-order valence-corrected chi connectivity index (χ0v) is 12.2. The van der Waals surface area contributed by atoms with Crippen LogP contribution in [0.5, 0.6) is 11.5 Å². The predicted molar refractivity (Wildman–Crippen MR) is 83.2 cm³/mol. The number of amides is 1. The molecule has 0 radical (unpaired) electrons. The standard InChI is InChI=1S/C15H14N2O3S/c1-21-10-4-2-9(3-5-10)15(18)17-12-7-14-13(6-11(12)16)19-8-20-14/h2-7H,8,16H2,1H3,(H,17,18). The van der Waals surface area contributed by atoms with E-state index in [-0.39, 0.29) is 12.7 Å². The Hall–Kier alpha value is -2.34. The first-order valence-corrected chi connectivity index (χ1v) is 7.54. The molecule has 3 rings (SSSR count). The van der Waals surface area contributed by atoms with E-state index in [0.717, 1.165) is 4.90 Å². The van der Waals surface area contributed by atoms with Crippen LogP contribution in [0.25, 0.3) is 0 Å². The Morgan fingerprint density at radius 2 is 1.86 bits per heavy atom. The third-order valence-corrected chi connectivity index (χ3v) is 3.89. The number of ether oxygens (including phenoxy) is 2. The lowest BCUT2D eigenvalue weighted by atomic mass is 10.2. The molecular weight excluding hydrogens is 288 g/mol. The van der Waals surface area contributed by atoms with Gasteiger partial charge in [-0.25, -0.2) is 0 Å². The van der Waals surface area contributed by atoms with Gasteiger partial charge >= 0.3 is 0 Å². The Morgan fingerprint density at radius 3 is 2.52 bits per heavy atom. The zero-order valence-electron chi connectivity index (χ0n) is 11.4. The van der Waals surface area contributed by atoms with E-state index in [1.54, 1.807) is 36.0 Å². The largest absolute Gasteiger partial charge is 0.454 e. The molecule has 1 aliphatic heterocycles. The Kier molecular flexibility index (Phi) is 3.62. The minimum absolute atomic E-state index is 0.169. The molecule has 0 saturated carbocycles. The molecule has 0 saturated heterocycles. The zero-order chi connectivity index (χ0) is 14.8. The lowest BCUT2D eigenvalue weighted by Gasteiger charge is -2.09. The van der Waals surface area contributed by atoms with E-state index in [1.165, 1.54) is 0 Å². The van der Waals surface area contributed by atoms with E-state index < -0.39 is 0 Å². The molecule has 0 unspecified atom stereocenters. The average Bonchev–Trinajstić information content (AvgIpc) is 2.94. The van der Waals surface area contributed by atoms with Gasteiger partial charge in [-0.2, -0.15) is 0 Å². The number of hydrogen-bond acceptors (Lipinski definition) is 5. The summed E-state index contributed by atoms with van der Waals surface area (Å²) >= 11 is 1.63. The Bertz CT molecular complexity index is 686. The maximum Gasteiger partial charge on any atom is 0.255 e. The first-order chi connectivity index (χ1) is 10.2. The van der Waals surface area contributed by atoms with Crippen molar-refractivity contribution in [1.29, 1.82) is 0 Å². The predicted octanol–water partition coefficient (Wildman–Crippen LogP) is 2.97. The van der Waals surface area contributed by atoms with E-state index in [2.05, 4.69) is 5.32 Å². The Morgan fingerprint density at radius 1 is 1.19 bits per heavy atom. The van der Waals surface area contributed by atoms with Crippen LogP contribution in [0, 0.1) is 0 Å². The molecule has 1 heterocycles. The van der Waals surface area contributed by atoms with E-state index in [1.807, 2.05) is 18.4 Å². The number of anilines is 2. The second-order valence-electron chi connectivity index (χ2n) is 4.48. The fourth-order valence-corrected chi connectivity index (χ4v) is 2.41. The van der Waals surface area contributed by atoms with Crippen molar-refractivity contribution in [3.63, 3.8) is 0 Å². The molecule has 3 N–H and O–H groups in total. The fraction of sp³-hybridized carbons (Fsp3) is 0.133. The van der Waals surface area contributed by atoms with Gasteiger partial charge in [0.1, 0.15) is 0 Å². The summed E-state index contributed by atoms with van der Waals surface area (Å²) in [7, 11) is 0. The Balaban J connectivity index is 1.81. The van der Waals surface area contributed by atoms with Crippen molar-refractivity contribution in [3.8, 4) is 11.5 Å². The normalized spacial score (nSPS) is 12.2. The van der Waals surface area contributed by atoms with Crippen molar-refractivity contribution in [1.82, 2.24) is 0 Å². The summed E-state index contributed by atoms with van der Waals surface area (Å²) in [6.07, 6.45) is 1.99. The van der Waals surface area contributed by atoms with Crippen molar-refractivity contribution in [2.75, 3.05) is 24.1 Å². The molecule has 0 atom stereocenters. The first-order valence-electron chi connectivity index (χ1n) is 6.32. The van der Waals surface area contributed by atoms with Crippen molar-refractivity contribution < 1.29 is 14.3 Å². The number of hydrogen-bond donors (Lipinski definition) is 2. The molecule has 108 valence electrons. The molecule has 21 heavy (non-hydrogen) atoms. The number of nitrogens with two attached hydrogens (primary N) is 1. The number of nitrogens with one attached hydrogen (secondary N) is 1. The molecule has 6 heteroatoms. The molecule has 0 bridgehead atoms. The van der Waals surface area contributed by atoms with Crippen LogP contribution in [0.1, 0.15) is 10.4 Å². The van der Waals surface area contributed by atoms with Crippen LogP contribution in [0.4, 0.5) is 11.4 Å². The molecule has 0 aliphatic carbocycles. The van der Waals surface area contributed by atoms with E-state index in [9.17, 15) is 4.79 Å². The third kappa shape index (κ3) is 2.75. The lowest BCUT2D eigenvalue weighted by Crippen LogP contribution is -2.13. The van der Waals surface area contributed by atoms with Gasteiger partial charge in [-0.1, -0.05) is 0 Å². The molecule has 0 spiro atoms. The van der Waals surface area contributed by atoms with Crippen molar-refractivity contribution in [2.24, 2.45) is 0 Å². The van der Waals surface area contributed by atoms with Crippen molar-refractivity contribution in [3.05, 3.63) is 42.0 Å². The van der Waals surface area contributed by atoms with Gasteiger partial charge in [0.15, 0.2) is 11.5 Å². The number of rotatable bonds is 3. The molecule has 0 fully saturated rings. The van der Waals surface area contributed by atoms with Crippen LogP contribution in [-0.4, -0.2) is 19.0 Å². The summed E-state index contributed by atoms with van der Waals surface area (Å²) in [6.45, 7) is 0.169. The Labute approximate surface area is 126 Å². The number of benzene rings is 2. The quantitative estimate of drug-likeness (QED) is 0.673. The molecule has 1 amide bonds. The average molecular weight is 302 g/mol. The van der Waals surface area contributed by atoms with Crippen molar-refractivity contribution in [2.45, 2.75) is 4.90 Å². The van der Waals surface area contributed by atoms with Crippen LogP contribution in [-0.2, 0) is 0 Å². The van der Waals surface area contributed by atoms with Gasteiger partial charge in [0, 0.05) is 22.6 Å². The third-order valence-electron chi connectivity index (χ3n) is 3.15. The maximum absolute atomic E-state index is 12.2. The molecule has 2 aromatic rings. The van der Waals surface area contributed by atoms with Crippen LogP contribution in [0.15, 0.2) is 41.3 Å². The van der Waals surface area contributed by atoms with Gasteiger partial charge in [-0.15, -0.1) is 11.8 Å². The van der Waals surface area contributed by atoms with Gasteiger partial charge in [-0.3, -0.25) is 4.79 Å². The number of carbonyl (C=O) groups is 1. The van der Waals surface area contributed by atoms with Gasteiger partial charge in [-0.05, 0) is 30.5 Å². The molecule has 1 aliphatic rings. The molecular formula is C15H14N2O3S. The fourth-order valence-electron chi connectivity index (χ4n) is 2.00. The minimum atomic E-state index is -0.215. The van der Waals surface area contributed by atoms with Gasteiger partial charge in [0.2, 0.25) is 6.79 Å². The topological polar surface area (TPSA) is 73.6 Å². The molecule has 5 nitrogen and oxygen atoms in total.